The molecule has 33 heteroatoms. The fraction of sp³-hybridized carbons (Fsp3) is 0.222. The second kappa shape index (κ2) is 47.3. The normalized spacial score (nSPS) is 24.0. The molecule has 2 N–H and O–H groups in total. The smallest absolute Gasteiger partial charge is 0.338 e. The molecule has 33 nitrogen and oxygen atoms in total. The zero-order valence-electron chi connectivity index (χ0n) is 74.6. The Balaban J connectivity index is 0.917. The maximum atomic E-state index is 16.0. The van der Waals surface area contributed by atoms with E-state index < -0.39 is 221 Å². The molecule has 4 aliphatic heterocycles. The van der Waals surface area contributed by atoms with Crippen LogP contribution in [-0.4, -0.2) is 231 Å². The van der Waals surface area contributed by atoms with E-state index in [0.717, 1.165) is 0 Å². The summed E-state index contributed by atoms with van der Waals surface area (Å²) in [6.45, 7) is -4.04. The highest BCUT2D eigenvalue weighted by molar-refractivity contribution is 5.95. The van der Waals surface area contributed by atoms with Crippen molar-refractivity contribution in [3.8, 4) is 0 Å². The minimum atomic E-state index is -2.63. The van der Waals surface area contributed by atoms with Crippen molar-refractivity contribution in [2.75, 3.05) is 26.4 Å². The van der Waals surface area contributed by atoms with Crippen LogP contribution < -0.4 is 0 Å². The first-order valence-corrected chi connectivity index (χ1v) is 44.7. The van der Waals surface area contributed by atoms with Crippen LogP contribution in [0.4, 0.5) is 0 Å². The van der Waals surface area contributed by atoms with Gasteiger partial charge in [0.05, 0.1) is 66.8 Å². The molecule has 0 amide bonds. The van der Waals surface area contributed by atoms with Gasteiger partial charge in [-0.05, 0) is 146 Å². The Morgan fingerprint density at radius 2 is 0.333 bits per heavy atom. The topological polar surface area (TPSA) is 421 Å². The largest absolute Gasteiger partial charge is 0.459 e. The summed E-state index contributed by atoms with van der Waals surface area (Å²) in [4.78, 5) is 181. The molecule has 0 bridgehead atoms. The van der Waals surface area contributed by atoms with E-state index in [1.807, 2.05) is 0 Å². The van der Waals surface area contributed by atoms with E-state index in [9.17, 15) is 39.0 Å². The van der Waals surface area contributed by atoms with Crippen LogP contribution >= 0.6 is 0 Å². The molecule has 0 spiro atoms. The van der Waals surface area contributed by atoms with Crippen molar-refractivity contribution in [3.05, 3.63) is 431 Å². The molecule has 12 aromatic carbocycles. The van der Waals surface area contributed by atoms with Crippen molar-refractivity contribution < 1.29 is 158 Å². The first kappa shape index (κ1) is 98.0. The number of benzene rings is 12. The van der Waals surface area contributed by atoms with Gasteiger partial charge in [0.1, 0.15) is 75.3 Å². The van der Waals surface area contributed by atoms with Gasteiger partial charge in [-0.15, -0.1) is 0 Å². The molecule has 4 fully saturated rings. The van der Waals surface area contributed by atoms with E-state index in [1.165, 1.54) is 267 Å². The number of carbonyl (C=O) groups is 12. The molecular weight excluding hydrogens is 1830 g/mol. The van der Waals surface area contributed by atoms with E-state index in [0.29, 0.717) is 0 Å². The Hall–Kier alpha value is -16.1. The lowest BCUT2D eigenvalue weighted by molar-refractivity contribution is -0.386. The predicted octanol–water partition coefficient (Wildman–Crippen LogP) is 12.6. The van der Waals surface area contributed by atoms with Crippen LogP contribution in [0.15, 0.2) is 364 Å². The van der Waals surface area contributed by atoms with Gasteiger partial charge in [0.25, 0.3) is 0 Å². The molecule has 4 heterocycles. The van der Waals surface area contributed by atoms with Crippen LogP contribution in [0.25, 0.3) is 0 Å². The van der Waals surface area contributed by atoms with Gasteiger partial charge in [0.15, 0.2) is 74.0 Å². The Bertz CT molecular complexity index is 6230. The van der Waals surface area contributed by atoms with Gasteiger partial charge in [0.2, 0.25) is 0 Å². The SMILES string of the molecule is O=C(OC[C@H]1O[C@H](O[C@@H]2[C@H](OC(=O)c3ccccc3)[C@@H](O[C@@H]3[C@H](OC(=O)c4ccccc4)[C@@H](O[C@@H]4[C@H](OC(=O)c5ccccc5)[C@@H](O)O[C@H](COC(=O)c5ccccc5)[C@H]4OC(=O)c4ccccc4)O[C@H](COC(=O)c4ccccc4)[C@H]3OC(=O)c3ccccc3)O[C@H](COC(=O)c3ccccc3)[C@H]2OC(=O)c2ccccc2)[C@@H](OC(=O)c2ccccc2)[C@@H](O)[C@@H]1OC(=O)c1ccccc1)c1ccccc1. The van der Waals surface area contributed by atoms with Crippen molar-refractivity contribution in [2.45, 2.75) is 123 Å². The van der Waals surface area contributed by atoms with E-state index in [4.69, 9.17) is 90.0 Å². The van der Waals surface area contributed by atoms with E-state index in [-0.39, 0.29) is 66.8 Å². The molecule has 4 aliphatic rings. The molecule has 141 heavy (non-hydrogen) atoms. The highest BCUT2D eigenvalue weighted by atomic mass is 16.8. The standard InChI is InChI=1S/C108H90O33/c109-81-82(131-97(114)69-45-21-5-22-46-69)77(61-123-93(110)65-37-13-1-14-38-65)128-106(86(81)135-101(118)73-53-29-9-30-54-73)140-88-84(133-99(116)71-49-25-7-26-50-71)79(63-125-95(112)67-41-17-3-18-42-67)130-108(91(88)137-103(120)75-57-33-11-34-58-75)141-89-85(134-100(117)72-51-27-8-28-52-72)80(64-126-96(113)68-43-19-4-20-44-68)129-107(92(89)138-104(121)76-59-35-12-36-60-76)139-87-83(132-98(115)70-47-23-6-24-48-70)78(62-124-94(111)66-39-15-2-16-40-66)127-105(122)90(87)136-102(119)74-55-31-10-32-56-74/h1-60,77-92,105-109,122H,61-64H2/t77-,78-,79-,80-,81+,82-,83-,84-,85-,86+,87+,88+,89+,90+,91+,92+,105+,106-,107-,108-/m1/s1. The molecule has 12 aromatic rings. The number of aliphatic hydroxyl groups is 2. The molecule has 0 aliphatic carbocycles. The molecule has 0 unspecified atom stereocenters. The Labute approximate surface area is 805 Å². The Kier molecular flexibility index (Phi) is 32.9. The maximum Gasteiger partial charge on any atom is 0.338 e. The fourth-order valence-electron chi connectivity index (χ4n) is 15.8. The summed E-state index contributed by atoms with van der Waals surface area (Å²) in [5.41, 5.74) is -1.51. The fourth-order valence-corrected chi connectivity index (χ4v) is 15.8. The summed E-state index contributed by atoms with van der Waals surface area (Å²) in [5.74, 6) is -13.8. The number of esters is 12. The Morgan fingerprint density at radius 3 is 0.553 bits per heavy atom. The van der Waals surface area contributed by atoms with Crippen LogP contribution in [0.3, 0.4) is 0 Å². The molecule has 0 saturated carbocycles. The molecule has 0 radical (unpaired) electrons. The minimum Gasteiger partial charge on any atom is -0.459 e. The second-order valence-electron chi connectivity index (χ2n) is 32.2. The lowest BCUT2D eigenvalue weighted by Crippen LogP contribution is -2.70. The summed E-state index contributed by atoms with van der Waals surface area (Å²) in [7, 11) is 0. The van der Waals surface area contributed by atoms with Crippen molar-refractivity contribution in [2.24, 2.45) is 0 Å². The number of hydrogen-bond donors (Lipinski definition) is 2. The average molecular weight is 1920 g/mol. The zero-order chi connectivity index (χ0) is 98.1. The van der Waals surface area contributed by atoms with Gasteiger partial charge in [0, 0.05) is 0 Å². The van der Waals surface area contributed by atoms with Crippen LogP contribution in [-0.2, 0) is 90.0 Å². The van der Waals surface area contributed by atoms with Crippen LogP contribution in [0, 0.1) is 0 Å². The summed E-state index contributed by atoms with van der Waals surface area (Å²) in [6.07, 6.45) is -46.3. The molecule has 4 saturated heterocycles. The van der Waals surface area contributed by atoms with Crippen molar-refractivity contribution in [3.63, 3.8) is 0 Å². The summed E-state index contributed by atoms with van der Waals surface area (Å²) in [5, 5.41) is 26.2. The molecule has 16 rings (SSSR count). The second-order valence-corrected chi connectivity index (χ2v) is 32.2. The van der Waals surface area contributed by atoms with Gasteiger partial charge >= 0.3 is 71.6 Å². The zero-order valence-corrected chi connectivity index (χ0v) is 74.6. The highest BCUT2D eigenvalue weighted by Crippen LogP contribution is 2.42. The van der Waals surface area contributed by atoms with Crippen LogP contribution in [0.1, 0.15) is 124 Å². The number of hydrogen-bond acceptors (Lipinski definition) is 33. The summed E-state index contributed by atoms with van der Waals surface area (Å²) < 4.78 is 126. The third kappa shape index (κ3) is 24.9. The number of ether oxygens (including phenoxy) is 19. The quantitative estimate of drug-likeness (QED) is 0.0279. The molecule has 20 atom stereocenters. The Morgan fingerprint density at radius 1 is 0.177 bits per heavy atom. The lowest BCUT2D eigenvalue weighted by atomic mass is 9.94. The first-order chi connectivity index (χ1) is 68.7. The van der Waals surface area contributed by atoms with Gasteiger partial charge in [-0.3, -0.25) is 0 Å². The molecule has 0 aromatic heterocycles. The third-order valence-corrected chi connectivity index (χ3v) is 22.9. The van der Waals surface area contributed by atoms with Crippen LogP contribution in [0.2, 0.25) is 0 Å². The van der Waals surface area contributed by atoms with Gasteiger partial charge < -0.3 is 100 Å². The monoisotopic (exact) mass is 1910 g/mol. The van der Waals surface area contributed by atoms with E-state index in [1.54, 1.807) is 97.1 Å². The summed E-state index contributed by atoms with van der Waals surface area (Å²) >= 11 is 0. The highest BCUT2D eigenvalue weighted by Gasteiger charge is 2.63. The van der Waals surface area contributed by atoms with Gasteiger partial charge in [-0.25, -0.2) is 57.5 Å². The van der Waals surface area contributed by atoms with Crippen molar-refractivity contribution in [1.29, 1.82) is 0 Å². The predicted molar refractivity (Wildman–Crippen MR) is 490 cm³/mol. The van der Waals surface area contributed by atoms with E-state index in [2.05, 4.69) is 0 Å². The summed E-state index contributed by atoms with van der Waals surface area (Å²) in [6, 6.07) is 87.9. The van der Waals surface area contributed by atoms with Crippen LogP contribution in [0.5, 0.6) is 0 Å². The van der Waals surface area contributed by atoms with Crippen molar-refractivity contribution >= 4 is 71.6 Å². The van der Waals surface area contributed by atoms with Gasteiger partial charge in [-0.2, -0.15) is 0 Å². The molecular formula is C108H90O33. The number of aliphatic hydroxyl groups excluding tert-OH is 2. The van der Waals surface area contributed by atoms with Crippen molar-refractivity contribution in [1.82, 2.24) is 0 Å². The first-order valence-electron chi connectivity index (χ1n) is 44.7. The third-order valence-electron chi connectivity index (χ3n) is 22.9. The number of carbonyl (C=O) groups excluding carboxylic acids is 12. The number of rotatable bonds is 34. The minimum absolute atomic E-state index is 0.000670. The maximum absolute atomic E-state index is 16.0. The lowest BCUT2D eigenvalue weighted by Gasteiger charge is -2.51. The molecule has 720 valence electrons. The van der Waals surface area contributed by atoms with E-state index >= 15 is 28.8 Å². The van der Waals surface area contributed by atoms with Gasteiger partial charge in [-0.1, -0.05) is 218 Å². The average Bonchev–Trinajstić information content (AvgIpc) is 0.752.